The Bertz CT molecular complexity index is 587. The largest absolute Gasteiger partial charge is 0.477 e. The Morgan fingerprint density at radius 1 is 1.29 bits per heavy atom. The number of nitrogens with zero attached hydrogens (tertiary/aromatic N) is 1. The van der Waals surface area contributed by atoms with Crippen molar-refractivity contribution in [2.45, 2.75) is 6.92 Å². The quantitative estimate of drug-likeness (QED) is 0.866. The van der Waals surface area contributed by atoms with Gasteiger partial charge in [0.25, 0.3) is 0 Å². The first kappa shape index (κ1) is 11.4. The summed E-state index contributed by atoms with van der Waals surface area (Å²) in [4.78, 5) is 10.9. The van der Waals surface area contributed by atoms with Gasteiger partial charge in [-0.2, -0.15) is 0 Å². The van der Waals surface area contributed by atoms with Gasteiger partial charge in [-0.05, 0) is 48.4 Å². The fourth-order valence-corrected chi connectivity index (χ4v) is 1.82. The molecule has 0 amide bonds. The van der Waals surface area contributed by atoms with Crippen LogP contribution in [0.25, 0.3) is 11.3 Å². The Labute approximate surface area is 98.1 Å². The minimum atomic E-state index is -0.974. The van der Waals surface area contributed by atoms with E-state index >= 15 is 0 Å². The summed E-state index contributed by atoms with van der Waals surface area (Å²) in [6.45, 7) is 1.68. The smallest absolute Gasteiger partial charge is 0.352 e. The summed E-state index contributed by atoms with van der Waals surface area (Å²) in [6, 6.07) is 7.99. The number of carbonyl (C=O) groups is 1. The van der Waals surface area contributed by atoms with Crippen molar-refractivity contribution in [2.24, 2.45) is 7.05 Å². The van der Waals surface area contributed by atoms with Crippen LogP contribution in [-0.2, 0) is 7.05 Å². The zero-order chi connectivity index (χ0) is 12.6. The Kier molecular flexibility index (Phi) is 2.71. The van der Waals surface area contributed by atoms with Gasteiger partial charge in [0, 0.05) is 12.7 Å². The van der Waals surface area contributed by atoms with Crippen molar-refractivity contribution in [3.63, 3.8) is 0 Å². The average Bonchev–Trinajstić information content (AvgIpc) is 2.64. The maximum atomic E-state index is 13.1. The third-order valence-corrected chi connectivity index (χ3v) is 2.79. The van der Waals surface area contributed by atoms with Gasteiger partial charge in [0.2, 0.25) is 0 Å². The van der Waals surface area contributed by atoms with Crippen LogP contribution in [0, 0.1) is 12.7 Å². The van der Waals surface area contributed by atoms with Crippen LogP contribution in [0.15, 0.2) is 30.3 Å². The first-order chi connectivity index (χ1) is 8.00. The minimum Gasteiger partial charge on any atom is -0.477 e. The van der Waals surface area contributed by atoms with Gasteiger partial charge in [-0.1, -0.05) is 0 Å². The molecule has 0 radical (unpaired) electrons. The van der Waals surface area contributed by atoms with Gasteiger partial charge >= 0.3 is 5.97 Å². The summed E-state index contributed by atoms with van der Waals surface area (Å²) in [5, 5.41) is 8.94. The number of rotatable bonds is 2. The summed E-state index contributed by atoms with van der Waals surface area (Å²) in [6.07, 6.45) is 0. The Balaban J connectivity index is 2.53. The van der Waals surface area contributed by atoms with E-state index < -0.39 is 5.97 Å². The predicted octanol–water partition coefficient (Wildman–Crippen LogP) is 2.84. The van der Waals surface area contributed by atoms with E-state index in [-0.39, 0.29) is 11.5 Å². The molecule has 1 aromatic heterocycles. The summed E-state index contributed by atoms with van der Waals surface area (Å²) in [5.74, 6) is -1.24. The zero-order valence-electron chi connectivity index (χ0n) is 9.57. The van der Waals surface area contributed by atoms with Crippen molar-refractivity contribution in [1.29, 1.82) is 0 Å². The summed E-state index contributed by atoms with van der Waals surface area (Å²) in [5.41, 5.74) is 2.31. The lowest BCUT2D eigenvalue weighted by molar-refractivity contribution is 0.0687. The highest BCUT2D eigenvalue weighted by Crippen LogP contribution is 2.23. The van der Waals surface area contributed by atoms with Crippen LogP contribution in [0.5, 0.6) is 0 Å². The number of aromatic carboxylic acids is 1. The van der Waals surface area contributed by atoms with Gasteiger partial charge in [-0.3, -0.25) is 0 Å². The number of aromatic nitrogens is 1. The molecule has 17 heavy (non-hydrogen) atoms. The molecule has 1 aromatic carbocycles. The fourth-order valence-electron chi connectivity index (χ4n) is 1.82. The molecule has 0 bridgehead atoms. The molecule has 1 N–H and O–H groups in total. The summed E-state index contributed by atoms with van der Waals surface area (Å²) >= 11 is 0. The molecule has 4 heteroatoms. The van der Waals surface area contributed by atoms with Crippen molar-refractivity contribution in [3.8, 4) is 11.3 Å². The molecule has 0 unspecified atom stereocenters. The topological polar surface area (TPSA) is 42.2 Å². The molecule has 0 spiro atoms. The Morgan fingerprint density at radius 3 is 2.53 bits per heavy atom. The maximum Gasteiger partial charge on any atom is 0.352 e. The first-order valence-corrected chi connectivity index (χ1v) is 5.16. The molecule has 0 saturated carbocycles. The van der Waals surface area contributed by atoms with Crippen molar-refractivity contribution >= 4 is 5.97 Å². The van der Waals surface area contributed by atoms with E-state index in [4.69, 9.17) is 5.11 Å². The first-order valence-electron chi connectivity index (χ1n) is 5.16. The van der Waals surface area contributed by atoms with Crippen molar-refractivity contribution < 1.29 is 14.3 Å². The molecule has 0 saturated heterocycles. The van der Waals surface area contributed by atoms with E-state index in [0.29, 0.717) is 5.56 Å². The van der Waals surface area contributed by atoms with Gasteiger partial charge < -0.3 is 9.67 Å². The Hall–Kier alpha value is -2.10. The van der Waals surface area contributed by atoms with Crippen LogP contribution in [0.1, 0.15) is 16.1 Å². The molecule has 0 aliphatic rings. The summed E-state index contributed by atoms with van der Waals surface area (Å²) < 4.78 is 14.7. The second-order valence-electron chi connectivity index (χ2n) is 3.93. The van der Waals surface area contributed by atoms with Crippen LogP contribution in [0.4, 0.5) is 4.39 Å². The average molecular weight is 233 g/mol. The van der Waals surface area contributed by atoms with E-state index in [0.717, 1.165) is 11.3 Å². The van der Waals surface area contributed by atoms with Crippen LogP contribution in [0.3, 0.4) is 0 Å². The van der Waals surface area contributed by atoms with Gasteiger partial charge in [-0.25, -0.2) is 9.18 Å². The predicted molar refractivity (Wildman–Crippen MR) is 62.5 cm³/mol. The molecule has 88 valence electrons. The van der Waals surface area contributed by atoms with E-state index in [1.807, 2.05) is 0 Å². The van der Waals surface area contributed by atoms with Crippen molar-refractivity contribution in [3.05, 3.63) is 47.4 Å². The van der Waals surface area contributed by atoms with E-state index in [1.165, 1.54) is 12.1 Å². The fraction of sp³-hybridized carbons (Fsp3) is 0.154. The molecule has 0 aliphatic heterocycles. The van der Waals surface area contributed by atoms with Gasteiger partial charge in [0.05, 0.1) is 0 Å². The molecule has 3 nitrogen and oxygen atoms in total. The van der Waals surface area contributed by atoms with Crippen LogP contribution in [0.2, 0.25) is 0 Å². The van der Waals surface area contributed by atoms with Crippen LogP contribution >= 0.6 is 0 Å². The highest BCUT2D eigenvalue weighted by molar-refractivity contribution is 5.87. The highest BCUT2D eigenvalue weighted by Gasteiger charge is 2.12. The molecular formula is C13H12FNO2. The molecule has 0 atom stereocenters. The maximum absolute atomic E-state index is 13.1. The van der Waals surface area contributed by atoms with Crippen molar-refractivity contribution in [2.75, 3.05) is 0 Å². The highest BCUT2D eigenvalue weighted by atomic mass is 19.1. The minimum absolute atomic E-state index is 0.210. The number of hydrogen-bond acceptors (Lipinski definition) is 1. The lowest BCUT2D eigenvalue weighted by Crippen LogP contribution is -2.05. The van der Waals surface area contributed by atoms with Crippen molar-refractivity contribution in [1.82, 2.24) is 4.57 Å². The zero-order valence-corrected chi connectivity index (χ0v) is 9.57. The second kappa shape index (κ2) is 4.05. The standard InChI is InChI=1S/C13H12FNO2/c1-8-7-9(3-4-10(8)14)11-5-6-12(13(16)17)15(11)2/h3-7H,1-2H3,(H,16,17). The third kappa shape index (κ3) is 1.93. The van der Waals surface area contributed by atoms with E-state index in [1.54, 1.807) is 36.7 Å². The molecule has 1 heterocycles. The second-order valence-corrected chi connectivity index (χ2v) is 3.93. The molecular weight excluding hydrogens is 221 g/mol. The number of carboxylic acid groups (broad SMARTS) is 1. The SMILES string of the molecule is Cc1cc(-c2ccc(C(=O)O)n2C)ccc1F. The number of carboxylic acids is 1. The normalized spacial score (nSPS) is 10.5. The number of hydrogen-bond donors (Lipinski definition) is 1. The molecule has 2 rings (SSSR count). The Morgan fingerprint density at radius 2 is 2.00 bits per heavy atom. The van der Waals surface area contributed by atoms with E-state index in [2.05, 4.69) is 0 Å². The lowest BCUT2D eigenvalue weighted by atomic mass is 10.1. The number of halogens is 1. The monoisotopic (exact) mass is 233 g/mol. The summed E-state index contributed by atoms with van der Waals surface area (Å²) in [7, 11) is 1.68. The van der Waals surface area contributed by atoms with Crippen LogP contribution in [-0.4, -0.2) is 15.6 Å². The number of benzene rings is 1. The van der Waals surface area contributed by atoms with E-state index in [9.17, 15) is 9.18 Å². The molecule has 2 aromatic rings. The molecule has 0 fully saturated rings. The van der Waals surface area contributed by atoms with Crippen LogP contribution < -0.4 is 0 Å². The lowest BCUT2D eigenvalue weighted by Gasteiger charge is -2.06. The molecule has 0 aliphatic carbocycles. The van der Waals surface area contributed by atoms with Gasteiger partial charge in [0.1, 0.15) is 11.5 Å². The van der Waals surface area contributed by atoms with Gasteiger partial charge in [-0.15, -0.1) is 0 Å². The van der Waals surface area contributed by atoms with Gasteiger partial charge in [0.15, 0.2) is 0 Å². The number of aryl methyl sites for hydroxylation is 1. The third-order valence-electron chi connectivity index (χ3n) is 2.79.